The summed E-state index contributed by atoms with van der Waals surface area (Å²) in [7, 11) is 0. The van der Waals surface area contributed by atoms with E-state index >= 15 is 0 Å². The van der Waals surface area contributed by atoms with E-state index < -0.39 is 0 Å². The van der Waals surface area contributed by atoms with Gasteiger partial charge in [-0.1, -0.05) is 11.2 Å². The lowest BCUT2D eigenvalue weighted by molar-refractivity contribution is 0.0741. The number of nitrogens with zero attached hydrogens (tertiary/aromatic N) is 4. The highest BCUT2D eigenvalue weighted by atomic mass is 19.1. The van der Waals surface area contributed by atoms with Crippen LogP contribution in [-0.4, -0.2) is 37.7 Å². The number of amides is 1. The molecule has 0 fully saturated rings. The van der Waals surface area contributed by atoms with Gasteiger partial charge in [0.1, 0.15) is 18.2 Å². The number of halogens is 1. The molecule has 0 aliphatic carbocycles. The second kappa shape index (κ2) is 7.77. The van der Waals surface area contributed by atoms with Crippen LogP contribution >= 0.6 is 0 Å². The number of aromatic nitrogens is 4. The summed E-state index contributed by atoms with van der Waals surface area (Å²) < 4.78 is 23.5. The molecule has 1 amide bonds. The lowest BCUT2D eigenvalue weighted by atomic mass is 10.3. The highest BCUT2D eigenvalue weighted by molar-refractivity contribution is 5.92. The topological polar surface area (TPSA) is 97.1 Å². The molecule has 2 heterocycles. The summed E-state index contributed by atoms with van der Waals surface area (Å²) in [6.45, 7) is 4.38. The van der Waals surface area contributed by atoms with Gasteiger partial charge in [-0.05, 0) is 25.1 Å². The first-order chi connectivity index (χ1) is 12.5. The zero-order valence-corrected chi connectivity index (χ0v) is 14.4. The number of carbonyl (C=O) groups excluding carboxylic acids is 1. The van der Waals surface area contributed by atoms with Crippen molar-refractivity contribution in [2.75, 3.05) is 6.54 Å². The first-order valence-electron chi connectivity index (χ1n) is 8.06. The zero-order valence-electron chi connectivity index (χ0n) is 14.4. The van der Waals surface area contributed by atoms with Gasteiger partial charge in [-0.25, -0.2) is 4.39 Å². The summed E-state index contributed by atoms with van der Waals surface area (Å²) in [6.07, 6.45) is 0. The Morgan fingerprint density at radius 1 is 1.38 bits per heavy atom. The molecule has 2 aromatic heterocycles. The molecule has 1 N–H and O–H groups in total. The van der Waals surface area contributed by atoms with E-state index in [0.717, 1.165) is 0 Å². The lowest BCUT2D eigenvalue weighted by Gasteiger charge is -2.17. The van der Waals surface area contributed by atoms with Gasteiger partial charge in [0, 0.05) is 19.5 Å². The van der Waals surface area contributed by atoms with Crippen LogP contribution < -0.4 is 4.74 Å². The minimum absolute atomic E-state index is 0.139. The van der Waals surface area contributed by atoms with Crippen LogP contribution in [0, 0.1) is 12.7 Å². The third-order valence-electron chi connectivity index (χ3n) is 3.61. The number of H-pyrrole nitrogens is 1. The van der Waals surface area contributed by atoms with Crippen molar-refractivity contribution in [2.24, 2.45) is 0 Å². The number of hydrogen-bond acceptors (Lipinski definition) is 6. The molecule has 0 atom stereocenters. The average Bonchev–Trinajstić information content (AvgIpc) is 3.26. The summed E-state index contributed by atoms with van der Waals surface area (Å²) in [5.74, 6) is 0.638. The number of carbonyl (C=O) groups is 1. The van der Waals surface area contributed by atoms with Gasteiger partial charge in [0.2, 0.25) is 5.89 Å². The van der Waals surface area contributed by atoms with Crippen LogP contribution in [-0.2, 0) is 13.2 Å². The van der Waals surface area contributed by atoms with E-state index in [1.165, 1.54) is 12.1 Å². The Hall–Kier alpha value is -3.23. The molecule has 0 spiro atoms. The van der Waals surface area contributed by atoms with Crippen LogP contribution in [0.3, 0.4) is 0 Å². The molecule has 1 aromatic carbocycles. The van der Waals surface area contributed by atoms with Gasteiger partial charge in [0.15, 0.2) is 11.5 Å². The Morgan fingerprint density at radius 2 is 2.23 bits per heavy atom. The fourth-order valence-electron chi connectivity index (χ4n) is 2.33. The summed E-state index contributed by atoms with van der Waals surface area (Å²) in [4.78, 5) is 18.2. The van der Waals surface area contributed by atoms with Crippen LogP contribution in [0.25, 0.3) is 0 Å². The van der Waals surface area contributed by atoms with Gasteiger partial charge in [0.05, 0.1) is 12.2 Å². The molecule has 3 aromatic rings. The Morgan fingerprint density at radius 3 is 2.92 bits per heavy atom. The van der Waals surface area contributed by atoms with Crippen molar-refractivity contribution in [1.82, 2.24) is 25.2 Å². The number of benzene rings is 1. The Balaban J connectivity index is 1.62. The third-order valence-corrected chi connectivity index (χ3v) is 3.61. The van der Waals surface area contributed by atoms with Crippen LogP contribution in [0.15, 0.2) is 34.9 Å². The van der Waals surface area contributed by atoms with Crippen LogP contribution in [0.5, 0.6) is 5.75 Å². The van der Waals surface area contributed by atoms with Crippen molar-refractivity contribution in [2.45, 2.75) is 27.0 Å². The predicted molar refractivity (Wildman–Crippen MR) is 88.8 cm³/mol. The van der Waals surface area contributed by atoms with E-state index in [0.29, 0.717) is 29.7 Å². The van der Waals surface area contributed by atoms with Crippen LogP contribution in [0.1, 0.15) is 34.8 Å². The molecule has 0 saturated heterocycles. The molecule has 136 valence electrons. The number of nitrogens with one attached hydrogen (secondary N) is 1. The zero-order chi connectivity index (χ0) is 18.5. The molecule has 0 bridgehead atoms. The Bertz CT molecular complexity index is 892. The largest absolute Gasteiger partial charge is 0.487 e. The van der Waals surface area contributed by atoms with Gasteiger partial charge >= 0.3 is 0 Å². The molecule has 9 heteroatoms. The second-order valence-electron chi connectivity index (χ2n) is 5.57. The third kappa shape index (κ3) is 4.24. The number of ether oxygens (including phenoxy) is 1. The maximum absolute atomic E-state index is 13.1. The monoisotopic (exact) mass is 359 g/mol. The minimum Gasteiger partial charge on any atom is -0.487 e. The smallest absolute Gasteiger partial charge is 0.274 e. The second-order valence-corrected chi connectivity index (χ2v) is 5.57. The number of aromatic amines is 1. The SMILES string of the molecule is CCN(Cc1noc(C)n1)C(=O)c1cc(COc2cccc(F)c2)[nH]n1. The maximum atomic E-state index is 13.1. The van der Waals surface area contributed by atoms with Gasteiger partial charge in [-0.2, -0.15) is 10.1 Å². The van der Waals surface area contributed by atoms with Crippen molar-refractivity contribution < 1.29 is 18.4 Å². The molecule has 0 aliphatic heterocycles. The van der Waals surface area contributed by atoms with E-state index in [2.05, 4.69) is 20.3 Å². The standard InChI is InChI=1S/C17H18FN5O3/c1-3-23(9-16-19-11(2)26-22-16)17(24)15-8-13(20-21-15)10-25-14-6-4-5-12(18)7-14/h4-8H,3,9-10H2,1-2H3,(H,20,21). The molecular formula is C17H18FN5O3. The van der Waals surface area contributed by atoms with Crippen molar-refractivity contribution >= 4 is 5.91 Å². The summed E-state index contributed by atoms with van der Waals surface area (Å²) >= 11 is 0. The van der Waals surface area contributed by atoms with Crippen LogP contribution in [0.4, 0.5) is 4.39 Å². The molecule has 3 rings (SSSR count). The summed E-state index contributed by atoms with van der Waals surface area (Å²) in [5.41, 5.74) is 0.856. The highest BCUT2D eigenvalue weighted by Crippen LogP contribution is 2.14. The fourth-order valence-corrected chi connectivity index (χ4v) is 2.33. The lowest BCUT2D eigenvalue weighted by Crippen LogP contribution is -2.31. The fraction of sp³-hybridized carbons (Fsp3) is 0.294. The molecule has 0 saturated carbocycles. The molecule has 26 heavy (non-hydrogen) atoms. The van der Waals surface area contributed by atoms with E-state index in [4.69, 9.17) is 9.26 Å². The summed E-state index contributed by atoms with van der Waals surface area (Å²) in [5, 5.41) is 10.6. The Labute approximate surface area is 149 Å². The number of rotatable bonds is 7. The molecule has 0 aliphatic rings. The Kier molecular flexibility index (Phi) is 5.26. The van der Waals surface area contributed by atoms with Gasteiger partial charge < -0.3 is 14.2 Å². The van der Waals surface area contributed by atoms with E-state index in [1.54, 1.807) is 30.0 Å². The van der Waals surface area contributed by atoms with Gasteiger partial charge in [0.25, 0.3) is 5.91 Å². The van der Waals surface area contributed by atoms with Crippen molar-refractivity contribution in [3.63, 3.8) is 0 Å². The molecular weight excluding hydrogens is 341 g/mol. The quantitative estimate of drug-likeness (QED) is 0.696. The van der Waals surface area contributed by atoms with Gasteiger partial charge in [-0.15, -0.1) is 0 Å². The van der Waals surface area contributed by atoms with Gasteiger partial charge in [-0.3, -0.25) is 9.89 Å². The van der Waals surface area contributed by atoms with Crippen molar-refractivity contribution in [3.8, 4) is 5.75 Å². The highest BCUT2D eigenvalue weighted by Gasteiger charge is 2.19. The predicted octanol–water partition coefficient (Wildman–Crippen LogP) is 2.48. The molecule has 0 radical (unpaired) electrons. The maximum Gasteiger partial charge on any atom is 0.274 e. The molecule has 0 unspecified atom stereocenters. The van der Waals surface area contributed by atoms with Crippen molar-refractivity contribution in [3.05, 3.63) is 59.3 Å². The number of aryl methyl sites for hydroxylation is 1. The normalized spacial score (nSPS) is 10.7. The first kappa shape index (κ1) is 17.6. The molecule has 8 nitrogen and oxygen atoms in total. The summed E-state index contributed by atoms with van der Waals surface area (Å²) in [6, 6.07) is 7.44. The first-order valence-corrected chi connectivity index (χ1v) is 8.06. The minimum atomic E-state index is -0.377. The van der Waals surface area contributed by atoms with E-state index in [-0.39, 0.29) is 30.6 Å². The number of hydrogen-bond donors (Lipinski definition) is 1. The van der Waals surface area contributed by atoms with E-state index in [9.17, 15) is 9.18 Å². The van der Waals surface area contributed by atoms with E-state index in [1.807, 2.05) is 6.92 Å². The average molecular weight is 359 g/mol. The van der Waals surface area contributed by atoms with Crippen molar-refractivity contribution in [1.29, 1.82) is 0 Å². The van der Waals surface area contributed by atoms with Crippen LogP contribution in [0.2, 0.25) is 0 Å².